The normalized spacial score (nSPS) is 10.3. The maximum Gasteiger partial charge on any atom is 0.253 e. The molecule has 2 aromatic rings. The number of hydrogen-bond donors (Lipinski definition) is 3. The van der Waals surface area contributed by atoms with Gasteiger partial charge in [-0.3, -0.25) is 14.4 Å². The van der Waals surface area contributed by atoms with E-state index in [0.717, 1.165) is 5.56 Å². The highest BCUT2D eigenvalue weighted by Crippen LogP contribution is 2.15. The summed E-state index contributed by atoms with van der Waals surface area (Å²) >= 11 is 0. The third-order valence-electron chi connectivity index (χ3n) is 3.52. The number of anilines is 1. The summed E-state index contributed by atoms with van der Waals surface area (Å²) in [5.41, 5.74) is 1.67. The molecule has 0 radical (unpaired) electrons. The SMILES string of the molecule is CC(C)NC(=O)c1ccccc1NC(=O)CNC(=O)Cc1ccccc1. The van der Waals surface area contributed by atoms with Gasteiger partial charge in [0, 0.05) is 6.04 Å². The first-order valence-corrected chi connectivity index (χ1v) is 8.46. The van der Waals surface area contributed by atoms with Gasteiger partial charge in [-0.25, -0.2) is 0 Å². The van der Waals surface area contributed by atoms with Crippen LogP contribution in [0.15, 0.2) is 54.6 Å². The van der Waals surface area contributed by atoms with E-state index < -0.39 is 5.91 Å². The summed E-state index contributed by atoms with van der Waals surface area (Å²) in [7, 11) is 0. The summed E-state index contributed by atoms with van der Waals surface area (Å²) in [5, 5.41) is 8.04. The van der Waals surface area contributed by atoms with Crippen LogP contribution in [0.3, 0.4) is 0 Å². The summed E-state index contributed by atoms with van der Waals surface area (Å²) in [6.45, 7) is 3.56. The Kier molecular flexibility index (Phi) is 6.91. The van der Waals surface area contributed by atoms with Gasteiger partial charge in [-0.2, -0.15) is 0 Å². The Morgan fingerprint density at radius 1 is 0.885 bits per heavy atom. The van der Waals surface area contributed by atoms with Gasteiger partial charge >= 0.3 is 0 Å². The smallest absolute Gasteiger partial charge is 0.253 e. The summed E-state index contributed by atoms with van der Waals surface area (Å²) < 4.78 is 0. The summed E-state index contributed by atoms with van der Waals surface area (Å²) in [4.78, 5) is 36.2. The molecule has 0 aromatic heterocycles. The fourth-order valence-corrected chi connectivity index (χ4v) is 2.35. The summed E-state index contributed by atoms with van der Waals surface area (Å²) in [5.74, 6) is -0.891. The Labute approximate surface area is 153 Å². The molecule has 0 bridgehead atoms. The number of carbonyl (C=O) groups is 3. The fraction of sp³-hybridized carbons (Fsp3) is 0.250. The van der Waals surface area contributed by atoms with Gasteiger partial charge < -0.3 is 16.0 Å². The van der Waals surface area contributed by atoms with E-state index >= 15 is 0 Å². The summed E-state index contributed by atoms with van der Waals surface area (Å²) in [6, 6.07) is 16.0. The van der Waals surface area contributed by atoms with E-state index in [1.807, 2.05) is 44.2 Å². The second kappa shape index (κ2) is 9.36. The first-order chi connectivity index (χ1) is 12.5. The lowest BCUT2D eigenvalue weighted by molar-refractivity contribution is -0.123. The topological polar surface area (TPSA) is 87.3 Å². The molecule has 0 aliphatic heterocycles. The standard InChI is InChI=1S/C20H23N3O3/c1-14(2)22-20(26)16-10-6-7-11-17(16)23-19(25)13-21-18(24)12-15-8-4-3-5-9-15/h3-11,14H,12-13H2,1-2H3,(H,21,24)(H,22,26)(H,23,25). The quantitative estimate of drug-likeness (QED) is 0.712. The Morgan fingerprint density at radius 2 is 1.54 bits per heavy atom. The molecular formula is C20H23N3O3. The zero-order chi connectivity index (χ0) is 18.9. The zero-order valence-corrected chi connectivity index (χ0v) is 14.9. The van der Waals surface area contributed by atoms with Gasteiger partial charge in [0.15, 0.2) is 0 Å². The molecule has 6 nitrogen and oxygen atoms in total. The van der Waals surface area contributed by atoms with Crippen LogP contribution >= 0.6 is 0 Å². The number of nitrogens with one attached hydrogen (secondary N) is 3. The first-order valence-electron chi connectivity index (χ1n) is 8.46. The van der Waals surface area contributed by atoms with Crippen molar-refractivity contribution in [2.75, 3.05) is 11.9 Å². The highest BCUT2D eigenvalue weighted by atomic mass is 16.2. The fourth-order valence-electron chi connectivity index (χ4n) is 2.35. The largest absolute Gasteiger partial charge is 0.350 e. The molecule has 0 saturated heterocycles. The minimum atomic E-state index is -0.392. The van der Waals surface area contributed by atoms with Crippen molar-refractivity contribution in [3.8, 4) is 0 Å². The third-order valence-corrected chi connectivity index (χ3v) is 3.52. The van der Waals surface area contributed by atoms with Crippen molar-refractivity contribution >= 4 is 23.4 Å². The minimum absolute atomic E-state index is 0.0106. The van der Waals surface area contributed by atoms with Gasteiger partial charge in [-0.1, -0.05) is 42.5 Å². The third kappa shape index (κ3) is 6.05. The highest BCUT2D eigenvalue weighted by molar-refractivity contribution is 6.04. The maximum absolute atomic E-state index is 12.2. The van der Waals surface area contributed by atoms with Crippen LogP contribution in [0.25, 0.3) is 0 Å². The van der Waals surface area contributed by atoms with Crippen molar-refractivity contribution in [2.45, 2.75) is 26.3 Å². The molecule has 2 rings (SSSR count). The molecular weight excluding hydrogens is 330 g/mol. The predicted molar refractivity (Wildman–Crippen MR) is 101 cm³/mol. The van der Waals surface area contributed by atoms with Crippen molar-refractivity contribution in [1.82, 2.24) is 10.6 Å². The monoisotopic (exact) mass is 353 g/mol. The Balaban J connectivity index is 1.90. The Hall–Kier alpha value is -3.15. The van der Waals surface area contributed by atoms with Crippen molar-refractivity contribution in [3.05, 3.63) is 65.7 Å². The number of rotatable bonds is 7. The van der Waals surface area contributed by atoms with E-state index in [-0.39, 0.29) is 30.8 Å². The van der Waals surface area contributed by atoms with Crippen LogP contribution in [-0.4, -0.2) is 30.3 Å². The van der Waals surface area contributed by atoms with Crippen LogP contribution in [0, 0.1) is 0 Å². The first kappa shape index (κ1) is 19.2. The molecule has 0 aliphatic rings. The molecule has 0 saturated carbocycles. The van der Waals surface area contributed by atoms with E-state index in [1.165, 1.54) is 0 Å². The van der Waals surface area contributed by atoms with E-state index in [4.69, 9.17) is 0 Å². The number of carbonyl (C=O) groups excluding carboxylic acids is 3. The van der Waals surface area contributed by atoms with Crippen LogP contribution in [0.5, 0.6) is 0 Å². The molecule has 0 heterocycles. The maximum atomic E-state index is 12.2. The Bertz CT molecular complexity index is 773. The molecule has 0 aliphatic carbocycles. The number of benzene rings is 2. The van der Waals surface area contributed by atoms with E-state index in [0.29, 0.717) is 11.3 Å². The van der Waals surface area contributed by atoms with Gasteiger partial charge in [-0.15, -0.1) is 0 Å². The van der Waals surface area contributed by atoms with E-state index in [9.17, 15) is 14.4 Å². The second-order valence-electron chi connectivity index (χ2n) is 6.16. The van der Waals surface area contributed by atoms with Crippen LogP contribution in [0.2, 0.25) is 0 Å². The molecule has 6 heteroatoms. The van der Waals surface area contributed by atoms with Gasteiger partial charge in [0.1, 0.15) is 0 Å². The van der Waals surface area contributed by atoms with Crippen LogP contribution in [-0.2, 0) is 16.0 Å². The second-order valence-corrected chi connectivity index (χ2v) is 6.16. The van der Waals surface area contributed by atoms with E-state index in [2.05, 4.69) is 16.0 Å². The molecule has 0 unspecified atom stereocenters. The summed E-state index contributed by atoms with van der Waals surface area (Å²) in [6.07, 6.45) is 0.210. The molecule has 3 amide bonds. The van der Waals surface area contributed by atoms with Crippen LogP contribution in [0.4, 0.5) is 5.69 Å². The lowest BCUT2D eigenvalue weighted by Gasteiger charge is -2.13. The van der Waals surface area contributed by atoms with Crippen LogP contribution < -0.4 is 16.0 Å². The van der Waals surface area contributed by atoms with Gasteiger partial charge in [0.05, 0.1) is 24.2 Å². The van der Waals surface area contributed by atoms with Gasteiger partial charge in [0.25, 0.3) is 5.91 Å². The molecule has 26 heavy (non-hydrogen) atoms. The highest BCUT2D eigenvalue weighted by Gasteiger charge is 2.14. The van der Waals surface area contributed by atoms with Crippen LogP contribution in [0.1, 0.15) is 29.8 Å². The number of para-hydroxylation sites is 1. The van der Waals surface area contributed by atoms with Crippen molar-refractivity contribution in [2.24, 2.45) is 0 Å². The minimum Gasteiger partial charge on any atom is -0.350 e. The van der Waals surface area contributed by atoms with E-state index in [1.54, 1.807) is 24.3 Å². The van der Waals surface area contributed by atoms with Crippen molar-refractivity contribution in [1.29, 1.82) is 0 Å². The van der Waals surface area contributed by atoms with Gasteiger partial charge in [0.2, 0.25) is 11.8 Å². The lowest BCUT2D eigenvalue weighted by atomic mass is 10.1. The molecule has 2 aromatic carbocycles. The molecule has 0 spiro atoms. The molecule has 0 atom stereocenters. The molecule has 0 fully saturated rings. The predicted octanol–water partition coefficient (Wildman–Crippen LogP) is 2.12. The average molecular weight is 353 g/mol. The van der Waals surface area contributed by atoms with Crippen molar-refractivity contribution in [3.63, 3.8) is 0 Å². The van der Waals surface area contributed by atoms with Gasteiger partial charge in [-0.05, 0) is 31.5 Å². The Morgan fingerprint density at radius 3 is 2.23 bits per heavy atom. The number of amides is 3. The molecule has 136 valence electrons. The molecule has 3 N–H and O–H groups in total. The zero-order valence-electron chi connectivity index (χ0n) is 14.9. The number of hydrogen-bond acceptors (Lipinski definition) is 3. The average Bonchev–Trinajstić information content (AvgIpc) is 2.61. The lowest BCUT2D eigenvalue weighted by Crippen LogP contribution is -2.35. The van der Waals surface area contributed by atoms with Crippen molar-refractivity contribution < 1.29 is 14.4 Å².